The van der Waals surface area contributed by atoms with E-state index in [-0.39, 0.29) is 0 Å². The highest BCUT2D eigenvalue weighted by Crippen LogP contribution is 2.22. The molecule has 114 valence electrons. The van der Waals surface area contributed by atoms with E-state index >= 15 is 0 Å². The summed E-state index contributed by atoms with van der Waals surface area (Å²) in [4.78, 5) is 16.9. The molecule has 2 aromatic heterocycles. The lowest BCUT2D eigenvalue weighted by Gasteiger charge is -2.19. The summed E-state index contributed by atoms with van der Waals surface area (Å²) in [6, 6.07) is 3.86. The van der Waals surface area contributed by atoms with Gasteiger partial charge in [0.05, 0.1) is 29.4 Å². The van der Waals surface area contributed by atoms with Crippen LogP contribution in [0.4, 0.5) is 4.79 Å². The summed E-state index contributed by atoms with van der Waals surface area (Å²) in [5, 5.41) is 2.73. The largest absolute Gasteiger partial charge is 0.444 e. The number of hydrogen-bond acceptors (Lipinski definition) is 4. The molecule has 2 aromatic rings. The second-order valence-electron chi connectivity index (χ2n) is 5.57. The molecule has 0 unspecified atom stereocenters. The van der Waals surface area contributed by atoms with Crippen molar-refractivity contribution in [3.8, 4) is 0 Å². The van der Waals surface area contributed by atoms with E-state index in [0.717, 1.165) is 14.9 Å². The van der Waals surface area contributed by atoms with Gasteiger partial charge in [-0.15, -0.1) is 11.3 Å². The zero-order valence-corrected chi connectivity index (χ0v) is 13.8. The monoisotopic (exact) mass is 327 g/mol. The summed E-state index contributed by atoms with van der Waals surface area (Å²) in [5.41, 5.74) is 0.406. The predicted molar refractivity (Wildman–Crippen MR) is 83.7 cm³/mol. The Labute approximate surface area is 132 Å². The number of thiophene rings is 1. The van der Waals surface area contributed by atoms with Gasteiger partial charge in [0.2, 0.25) is 0 Å². The second kappa shape index (κ2) is 6.49. The van der Waals surface area contributed by atoms with Crippen molar-refractivity contribution >= 4 is 29.0 Å². The number of carbonyl (C=O) groups is 1. The molecule has 21 heavy (non-hydrogen) atoms. The first-order chi connectivity index (χ1) is 9.83. The number of hydrogen-bond donors (Lipinski definition) is 1. The topological polar surface area (TPSA) is 56.1 Å². The molecule has 0 aliphatic rings. The van der Waals surface area contributed by atoms with Crippen LogP contribution in [0, 0.1) is 0 Å². The van der Waals surface area contributed by atoms with Gasteiger partial charge in [-0.3, -0.25) is 0 Å². The van der Waals surface area contributed by atoms with E-state index in [9.17, 15) is 4.79 Å². The fourth-order valence-corrected chi connectivity index (χ4v) is 2.81. The molecule has 0 radical (unpaired) electrons. The van der Waals surface area contributed by atoms with Crippen LogP contribution in [0.3, 0.4) is 0 Å². The number of aromatic nitrogens is 2. The molecule has 7 heteroatoms. The number of nitrogens with zero attached hydrogens (tertiary/aromatic N) is 2. The highest BCUT2D eigenvalue weighted by molar-refractivity contribution is 7.16. The van der Waals surface area contributed by atoms with Crippen LogP contribution in [0.2, 0.25) is 4.34 Å². The molecular weight excluding hydrogens is 310 g/mol. The molecule has 1 amide bonds. The molecule has 0 atom stereocenters. The Morgan fingerprint density at radius 2 is 2.24 bits per heavy atom. The van der Waals surface area contributed by atoms with Crippen molar-refractivity contribution in [1.82, 2.24) is 14.9 Å². The first kappa shape index (κ1) is 15.9. The lowest BCUT2D eigenvalue weighted by Crippen LogP contribution is -2.32. The fraction of sp³-hybridized carbons (Fsp3) is 0.429. The Morgan fingerprint density at radius 3 is 2.86 bits per heavy atom. The second-order valence-corrected chi connectivity index (χ2v) is 7.37. The Balaban J connectivity index is 1.93. The zero-order chi connectivity index (χ0) is 15.5. The van der Waals surface area contributed by atoms with Crippen molar-refractivity contribution < 1.29 is 9.53 Å². The average Bonchev–Trinajstić information content (AvgIpc) is 2.94. The number of alkyl carbamates (subject to hydrolysis) is 1. The van der Waals surface area contributed by atoms with E-state index in [1.165, 1.54) is 11.3 Å². The Hall–Kier alpha value is -1.53. The van der Waals surface area contributed by atoms with Crippen LogP contribution in [0.5, 0.6) is 0 Å². The van der Waals surface area contributed by atoms with Gasteiger partial charge in [-0.2, -0.15) is 0 Å². The third kappa shape index (κ3) is 5.06. The van der Waals surface area contributed by atoms with Crippen molar-refractivity contribution in [2.75, 3.05) is 0 Å². The summed E-state index contributed by atoms with van der Waals surface area (Å²) < 4.78 is 7.94. The van der Waals surface area contributed by atoms with Gasteiger partial charge in [0.1, 0.15) is 5.60 Å². The fourth-order valence-electron chi connectivity index (χ4n) is 1.72. The predicted octanol–water partition coefficient (Wildman–Crippen LogP) is 3.67. The Kier molecular flexibility index (Phi) is 4.90. The Bertz CT molecular complexity index is 616. The molecule has 0 aliphatic carbocycles. The summed E-state index contributed by atoms with van der Waals surface area (Å²) in [6.45, 7) is 6.54. The van der Waals surface area contributed by atoms with E-state index in [0.29, 0.717) is 13.1 Å². The third-order valence-electron chi connectivity index (χ3n) is 2.57. The van der Waals surface area contributed by atoms with Gasteiger partial charge in [0.25, 0.3) is 0 Å². The number of amides is 1. The van der Waals surface area contributed by atoms with Crippen LogP contribution in [-0.4, -0.2) is 21.2 Å². The Morgan fingerprint density at radius 1 is 1.48 bits per heavy atom. The van der Waals surface area contributed by atoms with Crippen molar-refractivity contribution in [3.05, 3.63) is 39.6 Å². The van der Waals surface area contributed by atoms with E-state index < -0.39 is 11.7 Å². The molecular formula is C14H18ClN3O2S. The summed E-state index contributed by atoms with van der Waals surface area (Å²) in [5.74, 6) is 0. The molecule has 2 rings (SSSR count). The molecule has 0 aliphatic heterocycles. The smallest absolute Gasteiger partial charge is 0.407 e. The molecule has 0 bridgehead atoms. The first-order valence-corrected chi connectivity index (χ1v) is 7.73. The van der Waals surface area contributed by atoms with Gasteiger partial charge in [-0.1, -0.05) is 11.6 Å². The highest BCUT2D eigenvalue weighted by atomic mass is 35.5. The number of rotatable bonds is 4. The van der Waals surface area contributed by atoms with Crippen LogP contribution in [0.25, 0.3) is 0 Å². The maximum absolute atomic E-state index is 11.6. The molecule has 1 N–H and O–H groups in total. The average molecular weight is 328 g/mol. The minimum atomic E-state index is -0.502. The van der Waals surface area contributed by atoms with Gasteiger partial charge < -0.3 is 14.6 Å². The quantitative estimate of drug-likeness (QED) is 0.932. The van der Waals surface area contributed by atoms with E-state index in [1.54, 1.807) is 12.5 Å². The molecule has 5 nitrogen and oxygen atoms in total. The van der Waals surface area contributed by atoms with E-state index in [2.05, 4.69) is 10.3 Å². The SMILES string of the molecule is CC(C)(C)OC(=O)NCc1cncn1Cc1ccc(Cl)s1. The van der Waals surface area contributed by atoms with Crippen LogP contribution in [0.15, 0.2) is 24.7 Å². The van der Waals surface area contributed by atoms with Gasteiger partial charge in [-0.05, 0) is 32.9 Å². The summed E-state index contributed by atoms with van der Waals surface area (Å²) >= 11 is 7.46. The summed E-state index contributed by atoms with van der Waals surface area (Å²) in [6.07, 6.45) is 3.03. The number of imidazole rings is 1. The van der Waals surface area contributed by atoms with Gasteiger partial charge in [-0.25, -0.2) is 9.78 Å². The maximum Gasteiger partial charge on any atom is 0.407 e. The maximum atomic E-state index is 11.6. The van der Waals surface area contributed by atoms with Crippen molar-refractivity contribution in [2.45, 2.75) is 39.5 Å². The number of carbonyl (C=O) groups excluding carboxylic acids is 1. The van der Waals surface area contributed by atoms with Crippen LogP contribution in [-0.2, 0) is 17.8 Å². The third-order valence-corrected chi connectivity index (χ3v) is 3.78. The standard InChI is InChI=1S/C14H18ClN3O2S/c1-14(2,3)20-13(19)17-7-10-6-16-9-18(10)8-11-4-5-12(15)21-11/h4-6,9H,7-8H2,1-3H3,(H,17,19). The zero-order valence-electron chi connectivity index (χ0n) is 12.2. The van der Waals surface area contributed by atoms with Crippen molar-refractivity contribution in [1.29, 1.82) is 0 Å². The molecule has 0 saturated heterocycles. The lowest BCUT2D eigenvalue weighted by atomic mass is 10.2. The van der Waals surface area contributed by atoms with Crippen molar-refractivity contribution in [3.63, 3.8) is 0 Å². The minimum Gasteiger partial charge on any atom is -0.444 e. The molecule has 2 heterocycles. The van der Waals surface area contributed by atoms with E-state index in [4.69, 9.17) is 16.3 Å². The minimum absolute atomic E-state index is 0.369. The van der Waals surface area contributed by atoms with Gasteiger partial charge >= 0.3 is 6.09 Å². The normalized spacial score (nSPS) is 11.4. The van der Waals surface area contributed by atoms with E-state index in [1.807, 2.05) is 37.5 Å². The lowest BCUT2D eigenvalue weighted by molar-refractivity contribution is 0.0522. The van der Waals surface area contributed by atoms with Gasteiger partial charge in [0, 0.05) is 11.1 Å². The van der Waals surface area contributed by atoms with Crippen LogP contribution < -0.4 is 5.32 Å². The number of ether oxygens (including phenoxy) is 1. The van der Waals surface area contributed by atoms with Crippen LogP contribution in [0.1, 0.15) is 31.3 Å². The summed E-state index contributed by atoms with van der Waals surface area (Å²) in [7, 11) is 0. The first-order valence-electron chi connectivity index (χ1n) is 6.53. The molecule has 0 fully saturated rings. The molecule has 0 saturated carbocycles. The van der Waals surface area contributed by atoms with Crippen LogP contribution >= 0.6 is 22.9 Å². The molecule has 0 spiro atoms. The van der Waals surface area contributed by atoms with Crippen molar-refractivity contribution in [2.24, 2.45) is 0 Å². The number of nitrogens with one attached hydrogen (secondary N) is 1. The molecule has 0 aromatic carbocycles. The van der Waals surface area contributed by atoms with Gasteiger partial charge in [0.15, 0.2) is 0 Å². The highest BCUT2D eigenvalue weighted by Gasteiger charge is 2.16. The number of halogens is 1.